The van der Waals surface area contributed by atoms with E-state index >= 15 is 0 Å². The van der Waals surface area contributed by atoms with Crippen LogP contribution >= 0.6 is 22.7 Å². The quantitative estimate of drug-likeness (QED) is 0.749. The Kier molecular flexibility index (Phi) is 2.98. The second kappa shape index (κ2) is 4.77. The van der Waals surface area contributed by atoms with Crippen LogP contribution in [0, 0.1) is 0 Å². The van der Waals surface area contributed by atoms with Crippen LogP contribution in [0.2, 0.25) is 0 Å². The van der Waals surface area contributed by atoms with Crippen molar-refractivity contribution >= 4 is 22.7 Å². The van der Waals surface area contributed by atoms with Gasteiger partial charge in [-0.15, -0.1) is 22.7 Å². The van der Waals surface area contributed by atoms with Crippen LogP contribution in [0.25, 0.3) is 10.4 Å². The Balaban J connectivity index is 1.69. The Morgan fingerprint density at radius 1 is 1.12 bits per heavy atom. The SMILES string of the molecule is c1csc(-c2csc(CNn3cccc3)c2)c1. The molecule has 0 aliphatic carbocycles. The zero-order valence-corrected chi connectivity index (χ0v) is 10.8. The molecule has 3 heterocycles. The summed E-state index contributed by atoms with van der Waals surface area (Å²) in [6.45, 7) is 0.866. The molecule has 3 rings (SSSR count). The van der Waals surface area contributed by atoms with Gasteiger partial charge in [-0.1, -0.05) is 6.07 Å². The molecule has 0 aromatic carbocycles. The molecular weight excluding hydrogens is 248 g/mol. The van der Waals surface area contributed by atoms with Crippen LogP contribution in [0.3, 0.4) is 0 Å². The summed E-state index contributed by atoms with van der Waals surface area (Å²) in [5.41, 5.74) is 4.66. The monoisotopic (exact) mass is 260 g/mol. The van der Waals surface area contributed by atoms with E-state index in [0.717, 1.165) is 6.54 Å². The molecule has 86 valence electrons. The topological polar surface area (TPSA) is 17.0 Å². The van der Waals surface area contributed by atoms with Gasteiger partial charge < -0.3 is 5.43 Å². The molecule has 0 unspecified atom stereocenters. The fraction of sp³-hybridized carbons (Fsp3) is 0.0769. The summed E-state index contributed by atoms with van der Waals surface area (Å²) in [6.07, 6.45) is 4.02. The molecular formula is C13H12N2S2. The van der Waals surface area contributed by atoms with E-state index in [1.54, 1.807) is 22.7 Å². The van der Waals surface area contributed by atoms with Gasteiger partial charge in [0.15, 0.2) is 0 Å². The van der Waals surface area contributed by atoms with Crippen molar-refractivity contribution in [2.75, 3.05) is 5.43 Å². The zero-order valence-electron chi connectivity index (χ0n) is 9.17. The van der Waals surface area contributed by atoms with Gasteiger partial charge in [0.2, 0.25) is 0 Å². The zero-order chi connectivity index (χ0) is 11.5. The lowest BCUT2D eigenvalue weighted by molar-refractivity contribution is 0.855. The van der Waals surface area contributed by atoms with Crippen LogP contribution in [0.4, 0.5) is 0 Å². The minimum absolute atomic E-state index is 0.866. The summed E-state index contributed by atoms with van der Waals surface area (Å²) in [4.78, 5) is 2.69. The highest BCUT2D eigenvalue weighted by atomic mass is 32.1. The summed E-state index contributed by atoms with van der Waals surface area (Å²) in [6, 6.07) is 10.5. The maximum Gasteiger partial charge on any atom is 0.0657 e. The van der Waals surface area contributed by atoms with Gasteiger partial charge in [-0.05, 0) is 35.0 Å². The number of thiophene rings is 2. The van der Waals surface area contributed by atoms with Gasteiger partial charge in [0, 0.05) is 27.7 Å². The molecule has 0 atom stereocenters. The van der Waals surface area contributed by atoms with Gasteiger partial charge in [0.25, 0.3) is 0 Å². The molecule has 3 aromatic heterocycles. The van der Waals surface area contributed by atoms with Crippen LogP contribution in [-0.4, -0.2) is 4.68 Å². The largest absolute Gasteiger partial charge is 0.321 e. The summed E-state index contributed by atoms with van der Waals surface area (Å²) < 4.78 is 1.98. The Bertz CT molecular complexity index is 564. The molecule has 3 aromatic rings. The Morgan fingerprint density at radius 2 is 2.00 bits per heavy atom. The van der Waals surface area contributed by atoms with Gasteiger partial charge in [-0.2, -0.15) is 0 Å². The van der Waals surface area contributed by atoms with Crippen molar-refractivity contribution in [1.29, 1.82) is 0 Å². The third-order valence-electron chi connectivity index (χ3n) is 2.50. The summed E-state index contributed by atoms with van der Waals surface area (Å²) in [5, 5.41) is 4.34. The summed E-state index contributed by atoms with van der Waals surface area (Å²) in [5.74, 6) is 0. The molecule has 0 bridgehead atoms. The lowest BCUT2D eigenvalue weighted by Gasteiger charge is -2.04. The van der Waals surface area contributed by atoms with E-state index in [1.165, 1.54) is 15.3 Å². The highest BCUT2D eigenvalue weighted by molar-refractivity contribution is 7.14. The number of hydrogen-bond donors (Lipinski definition) is 1. The maximum atomic E-state index is 3.33. The van der Waals surface area contributed by atoms with Crippen LogP contribution in [0.15, 0.2) is 53.5 Å². The molecule has 0 radical (unpaired) electrons. The molecule has 1 N–H and O–H groups in total. The molecule has 0 fully saturated rings. The number of aromatic nitrogens is 1. The van der Waals surface area contributed by atoms with Crippen molar-refractivity contribution in [1.82, 2.24) is 4.68 Å². The molecule has 0 aliphatic rings. The molecule has 2 nitrogen and oxygen atoms in total. The first-order valence-electron chi connectivity index (χ1n) is 5.40. The number of nitrogens with one attached hydrogen (secondary N) is 1. The third kappa shape index (κ3) is 2.43. The van der Waals surface area contributed by atoms with Crippen molar-refractivity contribution in [3.8, 4) is 10.4 Å². The van der Waals surface area contributed by atoms with E-state index in [9.17, 15) is 0 Å². The number of hydrogen-bond acceptors (Lipinski definition) is 3. The highest BCUT2D eigenvalue weighted by Crippen LogP contribution is 2.29. The molecule has 0 saturated heterocycles. The fourth-order valence-corrected chi connectivity index (χ4v) is 3.26. The number of nitrogens with zero attached hydrogens (tertiary/aromatic N) is 1. The Labute approximate surface area is 108 Å². The van der Waals surface area contributed by atoms with E-state index in [-0.39, 0.29) is 0 Å². The predicted octanol–water partition coefficient (Wildman–Crippen LogP) is 4.02. The van der Waals surface area contributed by atoms with Gasteiger partial charge in [0.05, 0.1) is 6.54 Å². The fourth-order valence-electron chi connectivity index (χ4n) is 1.65. The van der Waals surface area contributed by atoms with Crippen molar-refractivity contribution in [3.63, 3.8) is 0 Å². The minimum Gasteiger partial charge on any atom is -0.321 e. The first-order chi connectivity index (χ1) is 8.42. The molecule has 0 amide bonds. The van der Waals surface area contributed by atoms with E-state index in [1.807, 2.05) is 29.2 Å². The van der Waals surface area contributed by atoms with Crippen LogP contribution in [0.5, 0.6) is 0 Å². The second-order valence-corrected chi connectivity index (χ2v) is 5.65. The standard InChI is InChI=1S/C13H12N2S2/c1-2-6-15(5-1)14-9-12-8-11(10-17-12)13-4-3-7-16-13/h1-8,10,14H,9H2. The summed E-state index contributed by atoms with van der Waals surface area (Å²) in [7, 11) is 0. The predicted molar refractivity (Wildman–Crippen MR) is 75.1 cm³/mol. The van der Waals surface area contributed by atoms with Crippen molar-refractivity contribution in [3.05, 3.63) is 58.4 Å². The van der Waals surface area contributed by atoms with Crippen LogP contribution in [0.1, 0.15) is 4.88 Å². The van der Waals surface area contributed by atoms with Crippen molar-refractivity contribution in [2.24, 2.45) is 0 Å². The molecule has 0 saturated carbocycles. The van der Waals surface area contributed by atoms with E-state index < -0.39 is 0 Å². The van der Waals surface area contributed by atoms with Gasteiger partial charge in [-0.3, -0.25) is 4.68 Å². The second-order valence-electron chi connectivity index (χ2n) is 3.70. The lowest BCUT2D eigenvalue weighted by atomic mass is 10.2. The van der Waals surface area contributed by atoms with Crippen molar-refractivity contribution in [2.45, 2.75) is 6.54 Å². The first kappa shape index (κ1) is 10.6. The molecule has 0 spiro atoms. The van der Waals surface area contributed by atoms with E-state index in [4.69, 9.17) is 0 Å². The third-order valence-corrected chi connectivity index (χ3v) is 4.36. The smallest absolute Gasteiger partial charge is 0.0657 e. The minimum atomic E-state index is 0.866. The normalized spacial score (nSPS) is 10.6. The maximum absolute atomic E-state index is 3.33. The Morgan fingerprint density at radius 3 is 2.76 bits per heavy atom. The van der Waals surface area contributed by atoms with E-state index in [2.05, 4.69) is 34.4 Å². The molecule has 17 heavy (non-hydrogen) atoms. The van der Waals surface area contributed by atoms with Gasteiger partial charge in [-0.25, -0.2) is 0 Å². The van der Waals surface area contributed by atoms with Crippen molar-refractivity contribution < 1.29 is 0 Å². The molecule has 0 aliphatic heterocycles. The number of rotatable bonds is 4. The summed E-state index contributed by atoms with van der Waals surface area (Å²) >= 11 is 3.59. The Hall–Kier alpha value is -1.52. The van der Waals surface area contributed by atoms with Gasteiger partial charge in [0.1, 0.15) is 0 Å². The average molecular weight is 260 g/mol. The first-order valence-corrected chi connectivity index (χ1v) is 7.16. The highest BCUT2D eigenvalue weighted by Gasteiger charge is 2.02. The van der Waals surface area contributed by atoms with Crippen LogP contribution < -0.4 is 5.43 Å². The van der Waals surface area contributed by atoms with Gasteiger partial charge >= 0.3 is 0 Å². The van der Waals surface area contributed by atoms with E-state index in [0.29, 0.717) is 0 Å². The lowest BCUT2D eigenvalue weighted by Crippen LogP contribution is -2.10. The van der Waals surface area contributed by atoms with Crippen LogP contribution in [-0.2, 0) is 6.54 Å². The molecule has 4 heteroatoms. The average Bonchev–Trinajstić information content (AvgIpc) is 3.09.